The summed E-state index contributed by atoms with van der Waals surface area (Å²) in [5, 5.41) is 11.0. The van der Waals surface area contributed by atoms with Crippen LogP contribution in [-0.2, 0) is 14.3 Å². The summed E-state index contributed by atoms with van der Waals surface area (Å²) in [6, 6.07) is 8.26. The average Bonchev–Trinajstić information content (AvgIpc) is 3.07. The highest BCUT2D eigenvalue weighted by Crippen LogP contribution is 2.39. The normalized spacial score (nSPS) is 20.9. The summed E-state index contributed by atoms with van der Waals surface area (Å²) >= 11 is 0. The number of Topliss-reactive ketones (excluding diaryl/α,β-unsaturated/α-hetero) is 1. The molecule has 0 radical (unpaired) electrons. The SMILES string of the molecule is COc1ccc(C(O)=C2C(=O)C(=O)N(CCN3CCOCC3)[C@H]2c2cccc(F)c2)cc1F. The number of rotatable bonds is 6. The van der Waals surface area contributed by atoms with E-state index in [1.807, 2.05) is 0 Å². The van der Waals surface area contributed by atoms with Crippen LogP contribution in [0.25, 0.3) is 5.76 Å². The number of nitrogens with zero attached hydrogens (tertiary/aromatic N) is 2. The summed E-state index contributed by atoms with van der Waals surface area (Å²) in [6.07, 6.45) is 0. The van der Waals surface area contributed by atoms with Gasteiger partial charge in [-0.25, -0.2) is 8.78 Å². The number of hydrogen-bond donors (Lipinski definition) is 1. The molecule has 7 nitrogen and oxygen atoms in total. The van der Waals surface area contributed by atoms with E-state index in [4.69, 9.17) is 9.47 Å². The molecule has 0 aliphatic carbocycles. The van der Waals surface area contributed by atoms with Crippen molar-refractivity contribution in [2.45, 2.75) is 6.04 Å². The Labute approximate surface area is 189 Å². The van der Waals surface area contributed by atoms with E-state index >= 15 is 0 Å². The van der Waals surface area contributed by atoms with Gasteiger partial charge in [-0.1, -0.05) is 12.1 Å². The first-order chi connectivity index (χ1) is 15.9. The highest BCUT2D eigenvalue weighted by atomic mass is 19.1. The molecule has 2 saturated heterocycles. The van der Waals surface area contributed by atoms with E-state index in [0.29, 0.717) is 38.4 Å². The number of aliphatic hydroxyl groups excluding tert-OH is 1. The minimum atomic E-state index is -1.01. The van der Waals surface area contributed by atoms with Crippen LogP contribution in [0.5, 0.6) is 5.75 Å². The maximum atomic E-state index is 14.3. The van der Waals surface area contributed by atoms with Gasteiger partial charge in [0.15, 0.2) is 11.6 Å². The van der Waals surface area contributed by atoms with E-state index < -0.39 is 35.1 Å². The van der Waals surface area contributed by atoms with Crippen molar-refractivity contribution in [2.24, 2.45) is 0 Å². The van der Waals surface area contributed by atoms with Gasteiger partial charge in [0.2, 0.25) is 0 Å². The maximum absolute atomic E-state index is 14.3. The van der Waals surface area contributed by atoms with E-state index in [1.54, 1.807) is 6.07 Å². The molecule has 2 aromatic carbocycles. The number of hydrogen-bond acceptors (Lipinski definition) is 6. The lowest BCUT2D eigenvalue weighted by Crippen LogP contribution is -2.42. The average molecular weight is 458 g/mol. The Morgan fingerprint density at radius 2 is 1.88 bits per heavy atom. The third-order valence-electron chi connectivity index (χ3n) is 5.89. The van der Waals surface area contributed by atoms with E-state index in [9.17, 15) is 23.5 Å². The Bertz CT molecular complexity index is 1100. The van der Waals surface area contributed by atoms with Crippen LogP contribution in [0.2, 0.25) is 0 Å². The number of ether oxygens (including phenoxy) is 2. The lowest BCUT2D eigenvalue weighted by atomic mass is 9.95. The van der Waals surface area contributed by atoms with Crippen LogP contribution in [0, 0.1) is 11.6 Å². The van der Waals surface area contributed by atoms with Crippen molar-refractivity contribution in [2.75, 3.05) is 46.5 Å². The highest BCUT2D eigenvalue weighted by molar-refractivity contribution is 6.46. The molecule has 33 heavy (non-hydrogen) atoms. The number of methoxy groups -OCH3 is 1. The topological polar surface area (TPSA) is 79.3 Å². The minimum absolute atomic E-state index is 0.0147. The van der Waals surface area contributed by atoms with E-state index in [-0.39, 0.29) is 23.4 Å². The molecule has 2 aliphatic heterocycles. The van der Waals surface area contributed by atoms with Gasteiger partial charge in [-0.15, -0.1) is 0 Å². The van der Waals surface area contributed by atoms with Gasteiger partial charge in [0, 0.05) is 31.7 Å². The number of amides is 1. The molecule has 2 heterocycles. The molecular formula is C24H24F2N2O5. The van der Waals surface area contributed by atoms with Crippen LogP contribution < -0.4 is 4.74 Å². The Hall–Kier alpha value is -3.30. The molecule has 0 bridgehead atoms. The fraction of sp³-hybridized carbons (Fsp3) is 0.333. The first-order valence-corrected chi connectivity index (χ1v) is 10.6. The lowest BCUT2D eigenvalue weighted by molar-refractivity contribution is -0.140. The van der Waals surface area contributed by atoms with Crippen LogP contribution in [0.3, 0.4) is 0 Å². The third-order valence-corrected chi connectivity index (χ3v) is 5.89. The number of benzene rings is 2. The Balaban J connectivity index is 1.75. The predicted molar refractivity (Wildman–Crippen MR) is 116 cm³/mol. The number of morpholine rings is 1. The fourth-order valence-electron chi connectivity index (χ4n) is 4.18. The smallest absolute Gasteiger partial charge is 0.295 e. The van der Waals surface area contributed by atoms with Crippen LogP contribution >= 0.6 is 0 Å². The first kappa shape index (κ1) is 22.9. The van der Waals surface area contributed by atoms with Crippen LogP contribution in [0.1, 0.15) is 17.2 Å². The van der Waals surface area contributed by atoms with Crippen molar-refractivity contribution in [3.8, 4) is 5.75 Å². The van der Waals surface area contributed by atoms with Gasteiger partial charge in [0.25, 0.3) is 11.7 Å². The molecule has 4 rings (SSSR count). The molecule has 0 spiro atoms. The van der Waals surface area contributed by atoms with Gasteiger partial charge in [0.05, 0.1) is 31.9 Å². The van der Waals surface area contributed by atoms with Crippen LogP contribution in [0.15, 0.2) is 48.0 Å². The molecule has 2 aliphatic rings. The van der Waals surface area contributed by atoms with Gasteiger partial charge < -0.3 is 19.5 Å². The lowest BCUT2D eigenvalue weighted by Gasteiger charge is -2.31. The predicted octanol–water partition coefficient (Wildman–Crippen LogP) is 2.73. The highest BCUT2D eigenvalue weighted by Gasteiger charge is 2.46. The quantitative estimate of drug-likeness (QED) is 0.408. The van der Waals surface area contributed by atoms with Crippen molar-refractivity contribution >= 4 is 17.4 Å². The number of carbonyl (C=O) groups excluding carboxylic acids is 2. The molecule has 0 unspecified atom stereocenters. The summed E-state index contributed by atoms with van der Waals surface area (Å²) < 4.78 is 38.6. The molecular weight excluding hydrogens is 434 g/mol. The van der Waals surface area contributed by atoms with E-state index in [0.717, 1.165) is 6.07 Å². The van der Waals surface area contributed by atoms with Crippen LogP contribution in [0.4, 0.5) is 8.78 Å². The molecule has 2 aromatic rings. The van der Waals surface area contributed by atoms with Gasteiger partial charge in [-0.3, -0.25) is 14.5 Å². The van der Waals surface area contributed by atoms with Crippen molar-refractivity contribution in [1.82, 2.24) is 9.80 Å². The number of ketones is 1. The fourth-order valence-corrected chi connectivity index (χ4v) is 4.18. The van der Waals surface area contributed by atoms with E-state index in [1.165, 1.54) is 42.3 Å². The largest absolute Gasteiger partial charge is 0.507 e. The molecule has 1 amide bonds. The second-order valence-electron chi connectivity index (χ2n) is 7.85. The Morgan fingerprint density at radius 3 is 2.55 bits per heavy atom. The van der Waals surface area contributed by atoms with Crippen LogP contribution in [-0.4, -0.2) is 73.1 Å². The number of likely N-dealkylation sites (tertiary alicyclic amines) is 1. The standard InChI is InChI=1S/C24H24F2N2O5/c1-32-19-6-5-16(14-18(19)26)22(29)20-21(15-3-2-4-17(25)13-15)28(24(31)23(20)30)8-7-27-9-11-33-12-10-27/h2-6,13-14,21,29H,7-12H2,1H3/t21-/m0/s1. The number of halogens is 2. The molecule has 2 fully saturated rings. The molecule has 0 aromatic heterocycles. The number of carbonyl (C=O) groups is 2. The second-order valence-corrected chi connectivity index (χ2v) is 7.85. The summed E-state index contributed by atoms with van der Waals surface area (Å²) in [5.41, 5.74) is 0.143. The first-order valence-electron chi connectivity index (χ1n) is 10.6. The minimum Gasteiger partial charge on any atom is -0.507 e. The van der Waals surface area contributed by atoms with Crippen molar-refractivity contribution in [1.29, 1.82) is 0 Å². The van der Waals surface area contributed by atoms with Gasteiger partial charge in [-0.05, 0) is 35.9 Å². The van der Waals surface area contributed by atoms with E-state index in [2.05, 4.69) is 4.90 Å². The summed E-state index contributed by atoms with van der Waals surface area (Å²) in [6.45, 7) is 3.22. The zero-order valence-corrected chi connectivity index (χ0v) is 18.1. The third kappa shape index (κ3) is 4.60. The van der Waals surface area contributed by atoms with Gasteiger partial charge in [-0.2, -0.15) is 0 Å². The molecule has 0 saturated carbocycles. The number of aliphatic hydroxyl groups is 1. The Morgan fingerprint density at radius 1 is 1.12 bits per heavy atom. The van der Waals surface area contributed by atoms with Gasteiger partial charge in [0.1, 0.15) is 11.6 Å². The summed E-state index contributed by atoms with van der Waals surface area (Å²) in [5.74, 6) is -3.53. The van der Waals surface area contributed by atoms with Gasteiger partial charge >= 0.3 is 0 Å². The molecule has 1 atom stereocenters. The molecule has 174 valence electrons. The van der Waals surface area contributed by atoms with Crippen molar-refractivity contribution < 1.29 is 33.0 Å². The zero-order valence-electron chi connectivity index (χ0n) is 18.1. The maximum Gasteiger partial charge on any atom is 0.295 e. The monoisotopic (exact) mass is 458 g/mol. The van der Waals surface area contributed by atoms with Crippen molar-refractivity contribution in [3.05, 3.63) is 70.8 Å². The second kappa shape index (κ2) is 9.68. The Kier molecular flexibility index (Phi) is 6.71. The molecule has 9 heteroatoms. The summed E-state index contributed by atoms with van der Waals surface area (Å²) in [7, 11) is 1.31. The molecule has 1 N–H and O–H groups in total. The zero-order chi connectivity index (χ0) is 23.5. The summed E-state index contributed by atoms with van der Waals surface area (Å²) in [4.78, 5) is 29.4. The van der Waals surface area contributed by atoms with Crippen molar-refractivity contribution in [3.63, 3.8) is 0 Å².